The molecule has 0 radical (unpaired) electrons. The molecule has 3 aromatic rings. The molecular weight excluding hydrogens is 547 g/mol. The zero-order chi connectivity index (χ0) is 28.2. The van der Waals surface area contributed by atoms with E-state index in [2.05, 4.69) is 4.36 Å². The SMILES string of the molecule is CC(C)(C)OC(=O)c1ccc(OS(=O)(F)=Nc2ccc(C(=O)N3CCO[C@@H](c4ccccc4)C3)c(Cl)c2)cc1. The van der Waals surface area contributed by atoms with E-state index in [0.717, 1.165) is 5.56 Å². The first-order chi connectivity index (χ1) is 18.4. The fourth-order valence-electron chi connectivity index (χ4n) is 3.85. The van der Waals surface area contributed by atoms with Gasteiger partial charge >= 0.3 is 16.4 Å². The minimum absolute atomic E-state index is 0.0286. The Labute approximate surface area is 232 Å². The van der Waals surface area contributed by atoms with Gasteiger partial charge in [0.15, 0.2) is 0 Å². The average Bonchev–Trinajstić information content (AvgIpc) is 2.88. The third-order valence-corrected chi connectivity index (χ3v) is 6.75. The third-order valence-electron chi connectivity index (χ3n) is 5.61. The van der Waals surface area contributed by atoms with Gasteiger partial charge in [0.25, 0.3) is 5.91 Å². The lowest BCUT2D eigenvalue weighted by molar-refractivity contribution is -0.0228. The van der Waals surface area contributed by atoms with Gasteiger partial charge in [0.1, 0.15) is 17.5 Å². The number of hydrogen-bond acceptors (Lipinski definition) is 7. The molecule has 206 valence electrons. The molecule has 0 aromatic heterocycles. The van der Waals surface area contributed by atoms with Gasteiger partial charge in [-0.2, -0.15) is 4.21 Å². The predicted molar refractivity (Wildman–Crippen MR) is 146 cm³/mol. The summed E-state index contributed by atoms with van der Waals surface area (Å²) >= 11 is 6.34. The minimum Gasteiger partial charge on any atom is -0.456 e. The normalized spacial score (nSPS) is 17.2. The fourth-order valence-corrected chi connectivity index (χ4v) is 4.86. The number of carbonyl (C=O) groups is 2. The first-order valence-electron chi connectivity index (χ1n) is 12.2. The van der Waals surface area contributed by atoms with Crippen LogP contribution in [0.4, 0.5) is 9.57 Å². The third kappa shape index (κ3) is 7.78. The monoisotopic (exact) mass is 574 g/mol. The Morgan fingerprint density at radius 2 is 1.77 bits per heavy atom. The summed E-state index contributed by atoms with van der Waals surface area (Å²) in [6.07, 6.45) is -0.261. The van der Waals surface area contributed by atoms with E-state index >= 15 is 0 Å². The molecular formula is C28H28ClFN2O6S. The largest absolute Gasteiger partial charge is 0.456 e. The molecule has 1 aliphatic heterocycles. The van der Waals surface area contributed by atoms with Crippen LogP contribution in [0.5, 0.6) is 5.75 Å². The summed E-state index contributed by atoms with van der Waals surface area (Å²) in [4.78, 5) is 26.9. The molecule has 1 heterocycles. The van der Waals surface area contributed by atoms with E-state index in [4.69, 9.17) is 25.3 Å². The maximum Gasteiger partial charge on any atom is 0.382 e. The smallest absolute Gasteiger partial charge is 0.382 e. The Morgan fingerprint density at radius 1 is 1.08 bits per heavy atom. The second kappa shape index (κ2) is 11.7. The number of hydrogen-bond donors (Lipinski definition) is 0. The van der Waals surface area contributed by atoms with Gasteiger partial charge in [0.05, 0.1) is 35.0 Å². The molecule has 11 heteroatoms. The average molecular weight is 575 g/mol. The van der Waals surface area contributed by atoms with E-state index < -0.39 is 22.0 Å². The molecule has 1 amide bonds. The lowest BCUT2D eigenvalue weighted by Crippen LogP contribution is -2.42. The number of esters is 1. The maximum atomic E-state index is 14.7. The number of morpholine rings is 1. The lowest BCUT2D eigenvalue weighted by Gasteiger charge is -2.33. The van der Waals surface area contributed by atoms with Crippen LogP contribution in [0, 0.1) is 0 Å². The van der Waals surface area contributed by atoms with Crippen LogP contribution < -0.4 is 4.18 Å². The summed E-state index contributed by atoms with van der Waals surface area (Å²) in [6, 6.07) is 18.9. The van der Waals surface area contributed by atoms with Crippen LogP contribution in [0.2, 0.25) is 5.02 Å². The van der Waals surface area contributed by atoms with Crippen molar-refractivity contribution in [1.29, 1.82) is 0 Å². The Kier molecular flexibility index (Phi) is 8.58. The van der Waals surface area contributed by atoms with E-state index in [1.54, 1.807) is 25.7 Å². The molecule has 3 aromatic carbocycles. The quantitative estimate of drug-likeness (QED) is 0.247. The Balaban J connectivity index is 1.44. The molecule has 0 aliphatic carbocycles. The van der Waals surface area contributed by atoms with Crippen molar-refractivity contribution in [2.24, 2.45) is 4.36 Å². The first kappa shape index (κ1) is 28.5. The van der Waals surface area contributed by atoms with Crippen molar-refractivity contribution in [3.05, 3.63) is 94.5 Å². The predicted octanol–water partition coefficient (Wildman–Crippen LogP) is 6.49. The number of amides is 1. The van der Waals surface area contributed by atoms with Crippen molar-refractivity contribution >= 4 is 39.6 Å². The number of ether oxygens (including phenoxy) is 2. The highest BCUT2D eigenvalue weighted by molar-refractivity contribution is 7.84. The van der Waals surface area contributed by atoms with Gasteiger partial charge in [-0.15, -0.1) is 4.36 Å². The molecule has 1 unspecified atom stereocenters. The maximum absolute atomic E-state index is 14.7. The van der Waals surface area contributed by atoms with Crippen molar-refractivity contribution in [1.82, 2.24) is 4.90 Å². The van der Waals surface area contributed by atoms with E-state index in [-0.39, 0.29) is 39.6 Å². The molecule has 4 rings (SSSR count). The van der Waals surface area contributed by atoms with Crippen LogP contribution in [0.25, 0.3) is 0 Å². The summed E-state index contributed by atoms with van der Waals surface area (Å²) in [5.74, 6) is -0.966. The van der Waals surface area contributed by atoms with Crippen LogP contribution in [0.15, 0.2) is 77.2 Å². The van der Waals surface area contributed by atoms with Crippen LogP contribution >= 0.6 is 11.6 Å². The standard InChI is InChI=1S/C28H28ClFN2O6S/c1-28(2,3)37-27(34)20-9-12-22(13-10-20)38-39(30,35)31-21-11-14-23(24(29)17-21)26(33)32-15-16-36-25(18-32)19-7-5-4-6-8-19/h4-14,17,25H,15-16,18H2,1-3H3/t25-,39?/m1/s1. The zero-order valence-corrected chi connectivity index (χ0v) is 23.2. The first-order valence-corrected chi connectivity index (χ1v) is 13.9. The number of carbonyl (C=O) groups excluding carboxylic acids is 2. The Morgan fingerprint density at radius 3 is 2.41 bits per heavy atom. The van der Waals surface area contributed by atoms with Crippen molar-refractivity contribution in [3.63, 3.8) is 0 Å². The summed E-state index contributed by atoms with van der Waals surface area (Å²) in [7, 11) is -4.67. The minimum atomic E-state index is -4.67. The highest BCUT2D eigenvalue weighted by atomic mass is 35.5. The van der Waals surface area contributed by atoms with Gasteiger partial charge in [-0.05, 0) is 68.8 Å². The van der Waals surface area contributed by atoms with E-state index in [0.29, 0.717) is 19.7 Å². The second-order valence-electron chi connectivity index (χ2n) is 9.80. The molecule has 2 atom stereocenters. The number of halogens is 2. The number of rotatable bonds is 6. The van der Waals surface area contributed by atoms with Crippen molar-refractivity contribution in [2.45, 2.75) is 32.5 Å². The fraction of sp³-hybridized carbons (Fsp3) is 0.286. The molecule has 0 saturated carbocycles. The highest BCUT2D eigenvalue weighted by Gasteiger charge is 2.27. The summed E-state index contributed by atoms with van der Waals surface area (Å²) in [6.45, 7) is 6.33. The lowest BCUT2D eigenvalue weighted by atomic mass is 10.1. The van der Waals surface area contributed by atoms with Gasteiger partial charge in [0, 0.05) is 6.54 Å². The van der Waals surface area contributed by atoms with Crippen LogP contribution in [-0.4, -0.2) is 46.3 Å². The van der Waals surface area contributed by atoms with Crippen molar-refractivity contribution < 1.29 is 31.3 Å². The molecule has 0 spiro atoms. The zero-order valence-electron chi connectivity index (χ0n) is 21.6. The van der Waals surface area contributed by atoms with E-state index in [1.807, 2.05) is 30.3 Å². The van der Waals surface area contributed by atoms with E-state index in [1.165, 1.54) is 42.5 Å². The van der Waals surface area contributed by atoms with Gasteiger partial charge in [-0.1, -0.05) is 45.8 Å². The Bertz CT molecular complexity index is 1470. The summed E-state index contributed by atoms with van der Waals surface area (Å²) in [5, 5.41) is 0.0286. The van der Waals surface area contributed by atoms with Crippen LogP contribution in [0.3, 0.4) is 0 Å². The number of benzene rings is 3. The van der Waals surface area contributed by atoms with Gasteiger partial charge in [-0.25, -0.2) is 4.79 Å². The van der Waals surface area contributed by atoms with Crippen LogP contribution in [0.1, 0.15) is 53.2 Å². The van der Waals surface area contributed by atoms with Gasteiger partial charge < -0.3 is 18.6 Å². The topological polar surface area (TPSA) is 94.5 Å². The van der Waals surface area contributed by atoms with Gasteiger partial charge in [0.2, 0.25) is 0 Å². The summed E-state index contributed by atoms with van der Waals surface area (Å²) < 4.78 is 46.7. The number of nitrogens with zero attached hydrogens (tertiary/aromatic N) is 2. The van der Waals surface area contributed by atoms with Crippen LogP contribution in [-0.2, 0) is 19.9 Å². The highest BCUT2D eigenvalue weighted by Crippen LogP contribution is 2.29. The molecule has 0 bridgehead atoms. The molecule has 1 saturated heterocycles. The molecule has 39 heavy (non-hydrogen) atoms. The van der Waals surface area contributed by atoms with Gasteiger partial charge in [-0.3, -0.25) is 4.79 Å². The molecule has 1 fully saturated rings. The Hall–Kier alpha value is -3.47. The molecule has 0 N–H and O–H groups in total. The molecule has 1 aliphatic rings. The molecule has 8 nitrogen and oxygen atoms in total. The van der Waals surface area contributed by atoms with E-state index in [9.17, 15) is 17.7 Å². The second-order valence-corrected chi connectivity index (χ2v) is 11.4. The van der Waals surface area contributed by atoms with Crippen molar-refractivity contribution in [2.75, 3.05) is 19.7 Å². The summed E-state index contributed by atoms with van der Waals surface area (Å²) in [5.41, 5.74) is 0.647. The van der Waals surface area contributed by atoms with Crippen molar-refractivity contribution in [3.8, 4) is 5.75 Å².